The van der Waals surface area contributed by atoms with Crippen LogP contribution in [0.4, 0.5) is 18.9 Å². The van der Waals surface area contributed by atoms with Crippen molar-refractivity contribution in [2.24, 2.45) is 0 Å². The number of piperazine rings is 1. The van der Waals surface area contributed by atoms with E-state index in [1.807, 2.05) is 11.9 Å². The highest BCUT2D eigenvalue weighted by molar-refractivity contribution is 7.89. The van der Waals surface area contributed by atoms with E-state index in [1.54, 1.807) is 6.92 Å². The second-order valence-corrected chi connectivity index (χ2v) is 11.3. The van der Waals surface area contributed by atoms with Gasteiger partial charge in [-0.25, -0.2) is 13.4 Å². The number of nitrogens with zero attached hydrogens (tertiary/aromatic N) is 4. The second kappa shape index (κ2) is 9.33. The van der Waals surface area contributed by atoms with Crippen molar-refractivity contribution >= 4 is 43.2 Å². The molecule has 0 bridgehead atoms. The number of sulfonamides is 1. The summed E-state index contributed by atoms with van der Waals surface area (Å²) in [6.07, 6.45) is -3.45. The Morgan fingerprint density at radius 3 is 2.54 bits per heavy atom. The Kier molecular flexibility index (Phi) is 6.74. The molecule has 1 amide bonds. The van der Waals surface area contributed by atoms with Gasteiger partial charge in [0.25, 0.3) is 5.56 Å². The lowest BCUT2D eigenvalue weighted by Crippen LogP contribution is -2.47. The zero-order valence-electron chi connectivity index (χ0n) is 18.8. The van der Waals surface area contributed by atoms with Crippen LogP contribution in [0.15, 0.2) is 40.3 Å². The van der Waals surface area contributed by atoms with Crippen molar-refractivity contribution in [1.82, 2.24) is 18.8 Å². The summed E-state index contributed by atoms with van der Waals surface area (Å²) in [7, 11) is -2.09. The summed E-state index contributed by atoms with van der Waals surface area (Å²) in [6.45, 7) is 2.71. The Balaban J connectivity index is 1.64. The third-order valence-corrected chi connectivity index (χ3v) is 8.86. The third-order valence-electron chi connectivity index (χ3n) is 5.65. The van der Waals surface area contributed by atoms with Gasteiger partial charge in [-0.05, 0) is 32.2 Å². The molecule has 1 aliphatic heterocycles. The maximum absolute atomic E-state index is 13.4. The predicted octanol–water partition coefficient (Wildman–Crippen LogP) is 2.36. The van der Waals surface area contributed by atoms with Gasteiger partial charge in [0.1, 0.15) is 16.3 Å². The fourth-order valence-electron chi connectivity index (χ4n) is 3.82. The number of aromatic nitrogens is 2. The molecule has 0 unspecified atom stereocenters. The van der Waals surface area contributed by atoms with Gasteiger partial charge in [-0.2, -0.15) is 17.5 Å². The molecule has 1 N–H and O–H groups in total. The van der Waals surface area contributed by atoms with E-state index in [-0.39, 0.29) is 33.9 Å². The van der Waals surface area contributed by atoms with E-state index in [2.05, 4.69) is 10.3 Å². The molecule has 1 saturated heterocycles. The van der Waals surface area contributed by atoms with Crippen molar-refractivity contribution < 1.29 is 26.4 Å². The molecule has 35 heavy (non-hydrogen) atoms. The number of benzene rings is 1. The smallest absolute Gasteiger partial charge is 0.325 e. The highest BCUT2D eigenvalue weighted by atomic mass is 32.2. The topological polar surface area (TPSA) is 105 Å². The first-order valence-electron chi connectivity index (χ1n) is 10.5. The molecule has 2 aromatic heterocycles. The molecule has 1 aliphatic rings. The minimum absolute atomic E-state index is 0.0865. The van der Waals surface area contributed by atoms with Gasteiger partial charge in [-0.15, -0.1) is 11.3 Å². The second-order valence-electron chi connectivity index (χ2n) is 8.18. The van der Waals surface area contributed by atoms with Crippen LogP contribution < -0.4 is 10.9 Å². The highest BCUT2D eigenvalue weighted by Crippen LogP contribution is 2.33. The van der Waals surface area contributed by atoms with Crippen molar-refractivity contribution in [2.75, 3.05) is 38.5 Å². The van der Waals surface area contributed by atoms with Gasteiger partial charge in [-0.3, -0.25) is 14.2 Å². The van der Waals surface area contributed by atoms with Crippen LogP contribution >= 0.6 is 11.3 Å². The van der Waals surface area contributed by atoms with Gasteiger partial charge in [0.15, 0.2) is 0 Å². The molecule has 3 heterocycles. The van der Waals surface area contributed by atoms with E-state index in [0.29, 0.717) is 18.0 Å². The Labute approximate surface area is 202 Å². The third kappa shape index (κ3) is 5.10. The number of fused-ring (bicyclic) bond motifs is 1. The lowest BCUT2D eigenvalue weighted by molar-refractivity contribution is -0.137. The number of alkyl halides is 3. The van der Waals surface area contributed by atoms with Crippen molar-refractivity contribution in [3.63, 3.8) is 0 Å². The van der Waals surface area contributed by atoms with Crippen LogP contribution in [0.2, 0.25) is 0 Å². The van der Waals surface area contributed by atoms with E-state index in [4.69, 9.17) is 0 Å². The van der Waals surface area contributed by atoms with E-state index >= 15 is 0 Å². The van der Waals surface area contributed by atoms with Crippen molar-refractivity contribution in [3.05, 3.63) is 51.4 Å². The number of carbonyl (C=O) groups excluding carboxylic acids is 1. The maximum Gasteiger partial charge on any atom is 0.416 e. The molecule has 0 saturated carbocycles. The number of thiophene rings is 1. The van der Waals surface area contributed by atoms with Crippen molar-refractivity contribution in [3.8, 4) is 0 Å². The van der Waals surface area contributed by atoms with Crippen LogP contribution in [0.3, 0.4) is 0 Å². The molecule has 3 aromatic rings. The average Bonchev–Trinajstić information content (AvgIpc) is 3.13. The van der Waals surface area contributed by atoms with Crippen LogP contribution in [-0.4, -0.2) is 66.3 Å². The molecular formula is C21H22F3N5O4S2. The fourth-order valence-corrected chi connectivity index (χ4v) is 6.91. The summed E-state index contributed by atoms with van der Waals surface area (Å²) in [5, 5.41) is 2.23. The Morgan fingerprint density at radius 2 is 1.89 bits per heavy atom. The number of rotatable bonds is 5. The Morgan fingerprint density at radius 1 is 1.20 bits per heavy atom. The van der Waals surface area contributed by atoms with Crippen LogP contribution in [0.25, 0.3) is 10.2 Å². The van der Waals surface area contributed by atoms with Gasteiger partial charge in [-0.1, -0.05) is 6.07 Å². The molecule has 1 fully saturated rings. The van der Waals surface area contributed by atoms with E-state index in [0.717, 1.165) is 40.4 Å². The normalized spacial score (nSPS) is 16.0. The van der Waals surface area contributed by atoms with Gasteiger partial charge < -0.3 is 10.2 Å². The largest absolute Gasteiger partial charge is 0.416 e. The number of nitrogens with one attached hydrogen (secondary N) is 1. The zero-order chi connectivity index (χ0) is 25.5. The first kappa shape index (κ1) is 25.3. The molecule has 0 radical (unpaired) electrons. The lowest BCUT2D eigenvalue weighted by atomic mass is 10.2. The number of anilines is 1. The van der Waals surface area contributed by atoms with Gasteiger partial charge in [0, 0.05) is 36.7 Å². The molecular weight excluding hydrogens is 507 g/mol. The molecule has 188 valence electrons. The Hall–Kier alpha value is -2.81. The quantitative estimate of drug-likeness (QED) is 0.544. The number of amides is 1. The van der Waals surface area contributed by atoms with Crippen LogP contribution in [-0.2, 0) is 27.5 Å². The number of halogens is 3. The maximum atomic E-state index is 13.4. The average molecular weight is 530 g/mol. The first-order valence-corrected chi connectivity index (χ1v) is 12.8. The zero-order valence-corrected chi connectivity index (χ0v) is 20.4. The Bertz CT molecular complexity index is 1440. The van der Waals surface area contributed by atoms with Gasteiger partial charge in [0.2, 0.25) is 15.9 Å². The fraction of sp³-hybridized carbons (Fsp3) is 0.381. The molecule has 1 aromatic carbocycles. The minimum Gasteiger partial charge on any atom is -0.325 e. The molecule has 4 rings (SSSR count). The van der Waals surface area contributed by atoms with Crippen LogP contribution in [0, 0.1) is 6.92 Å². The van der Waals surface area contributed by atoms with Crippen LogP contribution in [0.5, 0.6) is 0 Å². The number of hydrogen-bond donors (Lipinski definition) is 1. The summed E-state index contributed by atoms with van der Waals surface area (Å²) < 4.78 is 67.8. The SMILES string of the molecule is Cc1sc2ncn(CC(=O)Nc3cccc(C(F)(F)F)c3)c(=O)c2c1S(=O)(=O)N1CCN(C)CC1. The molecule has 0 aliphatic carbocycles. The highest BCUT2D eigenvalue weighted by Gasteiger charge is 2.33. The molecule has 14 heteroatoms. The van der Waals surface area contributed by atoms with Crippen LogP contribution in [0.1, 0.15) is 10.4 Å². The lowest BCUT2D eigenvalue weighted by Gasteiger charge is -2.31. The van der Waals surface area contributed by atoms with Gasteiger partial charge in [0.05, 0.1) is 17.3 Å². The monoisotopic (exact) mass is 529 g/mol. The standard InChI is InChI=1S/C21H22F3N5O4S2/c1-13-18(35(32,33)29-8-6-27(2)7-9-29)17-19(34-13)25-12-28(20(17)31)11-16(30)26-15-5-3-4-14(10-15)21(22,23)24/h3-5,10,12H,6-9,11H2,1-2H3,(H,26,30). The van der Waals surface area contributed by atoms with E-state index < -0.39 is 39.8 Å². The number of likely N-dealkylation sites (N-methyl/N-ethyl adjacent to an activating group) is 1. The summed E-state index contributed by atoms with van der Waals surface area (Å²) in [6, 6.07) is 4.10. The first-order chi connectivity index (χ1) is 16.4. The number of carbonyl (C=O) groups is 1. The van der Waals surface area contributed by atoms with Gasteiger partial charge >= 0.3 is 6.18 Å². The minimum atomic E-state index is -4.57. The number of aryl methyl sites for hydroxylation is 1. The van der Waals surface area contributed by atoms with E-state index in [9.17, 15) is 31.2 Å². The van der Waals surface area contributed by atoms with Crippen molar-refractivity contribution in [1.29, 1.82) is 0 Å². The summed E-state index contributed by atoms with van der Waals surface area (Å²) in [4.78, 5) is 32.4. The molecule has 0 atom stereocenters. The predicted molar refractivity (Wildman–Crippen MR) is 125 cm³/mol. The van der Waals surface area contributed by atoms with Crippen molar-refractivity contribution in [2.45, 2.75) is 24.5 Å². The molecule has 9 nitrogen and oxygen atoms in total. The number of hydrogen-bond acceptors (Lipinski definition) is 7. The summed E-state index contributed by atoms with van der Waals surface area (Å²) in [5.74, 6) is -0.761. The molecule has 0 spiro atoms. The summed E-state index contributed by atoms with van der Waals surface area (Å²) >= 11 is 1.07. The van der Waals surface area contributed by atoms with E-state index in [1.165, 1.54) is 10.4 Å². The summed E-state index contributed by atoms with van der Waals surface area (Å²) in [5.41, 5.74) is -1.73.